The summed E-state index contributed by atoms with van der Waals surface area (Å²) in [6.45, 7) is 6.91. The van der Waals surface area contributed by atoms with Crippen molar-refractivity contribution in [1.82, 2.24) is 10.2 Å². The number of aliphatic hydroxyl groups is 2. The van der Waals surface area contributed by atoms with Crippen molar-refractivity contribution in [1.29, 1.82) is 0 Å². The lowest BCUT2D eigenvalue weighted by Gasteiger charge is -2.41. The van der Waals surface area contributed by atoms with Crippen molar-refractivity contribution in [3.05, 3.63) is 0 Å². The Labute approximate surface area is 110 Å². The van der Waals surface area contributed by atoms with Crippen molar-refractivity contribution in [3.8, 4) is 0 Å². The molecule has 2 rings (SSSR count). The van der Waals surface area contributed by atoms with Gasteiger partial charge in [0.15, 0.2) is 0 Å². The van der Waals surface area contributed by atoms with Crippen LogP contribution in [0, 0.1) is 17.8 Å². The number of nitrogens with zero attached hydrogens (tertiary/aromatic N) is 1. The zero-order valence-corrected chi connectivity index (χ0v) is 11.8. The van der Waals surface area contributed by atoms with Crippen molar-refractivity contribution in [2.45, 2.75) is 44.9 Å². The number of rotatable bonds is 3. The molecule has 0 radical (unpaired) electrons. The Morgan fingerprint density at radius 3 is 2.28 bits per heavy atom. The average Bonchev–Trinajstić information content (AvgIpc) is 2.61. The molecule has 2 fully saturated rings. The molecule has 106 valence electrons. The van der Waals surface area contributed by atoms with Gasteiger partial charge >= 0.3 is 0 Å². The molecule has 1 heterocycles. The average molecular weight is 256 g/mol. The maximum Gasteiger partial charge on any atom is 0.0938 e. The molecule has 2 aliphatic rings. The summed E-state index contributed by atoms with van der Waals surface area (Å²) in [5.41, 5.74) is 0. The highest BCUT2D eigenvalue weighted by molar-refractivity contribution is 4.91. The van der Waals surface area contributed by atoms with Crippen LogP contribution in [0.15, 0.2) is 0 Å². The van der Waals surface area contributed by atoms with Crippen LogP contribution in [-0.4, -0.2) is 60.0 Å². The van der Waals surface area contributed by atoms with E-state index in [4.69, 9.17) is 0 Å². The SMILES string of the molecule is CNC1CC(C)CC(C)C1CN1CC(O)C(O)C1. The van der Waals surface area contributed by atoms with Gasteiger partial charge in [0.25, 0.3) is 0 Å². The van der Waals surface area contributed by atoms with Crippen LogP contribution in [0.25, 0.3) is 0 Å². The second-order valence-corrected chi connectivity index (χ2v) is 6.47. The summed E-state index contributed by atoms with van der Waals surface area (Å²) < 4.78 is 0. The van der Waals surface area contributed by atoms with Crippen molar-refractivity contribution in [3.63, 3.8) is 0 Å². The van der Waals surface area contributed by atoms with E-state index in [9.17, 15) is 10.2 Å². The van der Waals surface area contributed by atoms with Crippen LogP contribution >= 0.6 is 0 Å². The third-order valence-electron chi connectivity index (χ3n) is 4.85. The first-order valence-electron chi connectivity index (χ1n) is 7.27. The Kier molecular flexibility index (Phi) is 4.64. The number of hydrogen-bond donors (Lipinski definition) is 3. The zero-order chi connectivity index (χ0) is 13.3. The zero-order valence-electron chi connectivity index (χ0n) is 11.8. The van der Waals surface area contributed by atoms with E-state index < -0.39 is 12.2 Å². The molecule has 1 aliphatic heterocycles. The van der Waals surface area contributed by atoms with Gasteiger partial charge < -0.3 is 15.5 Å². The molecule has 6 atom stereocenters. The van der Waals surface area contributed by atoms with Gasteiger partial charge in [0.05, 0.1) is 12.2 Å². The highest BCUT2D eigenvalue weighted by atomic mass is 16.3. The number of likely N-dealkylation sites (tertiary alicyclic amines) is 1. The van der Waals surface area contributed by atoms with E-state index in [2.05, 4.69) is 31.1 Å². The van der Waals surface area contributed by atoms with Gasteiger partial charge in [-0.05, 0) is 37.6 Å². The predicted molar refractivity (Wildman–Crippen MR) is 72.4 cm³/mol. The number of hydrogen-bond acceptors (Lipinski definition) is 4. The molecule has 18 heavy (non-hydrogen) atoms. The smallest absolute Gasteiger partial charge is 0.0938 e. The quantitative estimate of drug-likeness (QED) is 0.679. The monoisotopic (exact) mass is 256 g/mol. The fraction of sp³-hybridized carbons (Fsp3) is 1.00. The van der Waals surface area contributed by atoms with Crippen molar-refractivity contribution in [2.24, 2.45) is 17.8 Å². The summed E-state index contributed by atoms with van der Waals surface area (Å²) in [6, 6.07) is 0.568. The van der Waals surface area contributed by atoms with E-state index in [0.717, 1.165) is 12.5 Å². The Bertz CT molecular complexity index is 265. The molecule has 3 N–H and O–H groups in total. The van der Waals surface area contributed by atoms with Gasteiger partial charge in [0.2, 0.25) is 0 Å². The molecular weight excluding hydrogens is 228 g/mol. The van der Waals surface area contributed by atoms with Gasteiger partial charge in [-0.2, -0.15) is 0 Å². The van der Waals surface area contributed by atoms with Crippen LogP contribution in [0.4, 0.5) is 0 Å². The molecule has 1 saturated carbocycles. The minimum Gasteiger partial charge on any atom is -0.389 e. The molecular formula is C14H28N2O2. The van der Waals surface area contributed by atoms with Crippen LogP contribution in [-0.2, 0) is 0 Å². The first-order chi connectivity index (χ1) is 8.51. The minimum atomic E-state index is -0.559. The highest BCUT2D eigenvalue weighted by Gasteiger charge is 2.37. The molecule has 1 aliphatic carbocycles. The van der Waals surface area contributed by atoms with E-state index in [0.29, 0.717) is 31.0 Å². The van der Waals surface area contributed by atoms with Gasteiger partial charge in [0, 0.05) is 25.7 Å². The third-order valence-corrected chi connectivity index (χ3v) is 4.85. The van der Waals surface area contributed by atoms with E-state index >= 15 is 0 Å². The van der Waals surface area contributed by atoms with Crippen LogP contribution in [0.3, 0.4) is 0 Å². The molecule has 0 amide bonds. The van der Waals surface area contributed by atoms with E-state index in [1.54, 1.807) is 0 Å². The molecule has 6 unspecified atom stereocenters. The Morgan fingerprint density at radius 2 is 1.72 bits per heavy atom. The van der Waals surface area contributed by atoms with Crippen molar-refractivity contribution in [2.75, 3.05) is 26.7 Å². The fourth-order valence-electron chi connectivity index (χ4n) is 3.84. The van der Waals surface area contributed by atoms with Gasteiger partial charge in [-0.3, -0.25) is 4.90 Å². The second kappa shape index (κ2) is 5.87. The van der Waals surface area contributed by atoms with Gasteiger partial charge in [-0.1, -0.05) is 13.8 Å². The van der Waals surface area contributed by atoms with Crippen LogP contribution < -0.4 is 5.32 Å². The molecule has 0 aromatic carbocycles. The van der Waals surface area contributed by atoms with Crippen LogP contribution in [0.5, 0.6) is 0 Å². The fourth-order valence-corrected chi connectivity index (χ4v) is 3.84. The largest absolute Gasteiger partial charge is 0.389 e. The van der Waals surface area contributed by atoms with Crippen molar-refractivity contribution < 1.29 is 10.2 Å². The predicted octanol–water partition coefficient (Wildman–Crippen LogP) is 0.294. The van der Waals surface area contributed by atoms with E-state index in [-0.39, 0.29) is 0 Å². The maximum atomic E-state index is 9.62. The van der Waals surface area contributed by atoms with Gasteiger partial charge in [0.1, 0.15) is 0 Å². The Morgan fingerprint density at radius 1 is 1.11 bits per heavy atom. The summed E-state index contributed by atoms with van der Waals surface area (Å²) in [4.78, 5) is 2.22. The standard InChI is InChI=1S/C14H28N2O2/c1-9-4-10(2)11(12(5-9)15-3)6-16-7-13(17)14(18)8-16/h9-15,17-18H,4-8H2,1-3H3. The summed E-state index contributed by atoms with van der Waals surface area (Å²) in [5, 5.41) is 22.7. The van der Waals surface area contributed by atoms with Gasteiger partial charge in [-0.15, -0.1) is 0 Å². The molecule has 4 heteroatoms. The van der Waals surface area contributed by atoms with Gasteiger partial charge in [-0.25, -0.2) is 0 Å². The normalized spacial score (nSPS) is 46.5. The Hall–Kier alpha value is -0.160. The highest BCUT2D eigenvalue weighted by Crippen LogP contribution is 2.34. The lowest BCUT2D eigenvalue weighted by Crippen LogP contribution is -2.47. The molecule has 0 aromatic heterocycles. The first kappa shape index (κ1) is 14.3. The van der Waals surface area contributed by atoms with E-state index in [1.807, 2.05) is 0 Å². The Balaban J connectivity index is 1.94. The number of nitrogens with one attached hydrogen (secondary N) is 1. The van der Waals surface area contributed by atoms with Crippen molar-refractivity contribution >= 4 is 0 Å². The number of β-amino-alcohol motifs (C(OH)–C–C–N with tert-alkyl or cyclic N) is 2. The van der Waals surface area contributed by atoms with E-state index in [1.165, 1.54) is 12.8 Å². The third kappa shape index (κ3) is 3.05. The lowest BCUT2D eigenvalue weighted by molar-refractivity contribution is 0.0572. The number of aliphatic hydroxyl groups excluding tert-OH is 2. The lowest BCUT2D eigenvalue weighted by atomic mass is 9.72. The molecule has 4 nitrogen and oxygen atoms in total. The summed E-state index contributed by atoms with van der Waals surface area (Å²) in [6.07, 6.45) is 1.42. The molecule has 0 bridgehead atoms. The van der Waals surface area contributed by atoms with Crippen LogP contribution in [0.1, 0.15) is 26.7 Å². The molecule has 0 aromatic rings. The minimum absolute atomic E-state index is 0.559. The summed E-state index contributed by atoms with van der Waals surface area (Å²) in [5.74, 6) is 2.13. The topological polar surface area (TPSA) is 55.7 Å². The van der Waals surface area contributed by atoms with Crippen LogP contribution in [0.2, 0.25) is 0 Å². The first-order valence-corrected chi connectivity index (χ1v) is 7.27. The second-order valence-electron chi connectivity index (χ2n) is 6.47. The maximum absolute atomic E-state index is 9.62. The molecule has 0 spiro atoms. The summed E-state index contributed by atoms with van der Waals surface area (Å²) in [7, 11) is 2.05. The molecule has 1 saturated heterocycles. The summed E-state index contributed by atoms with van der Waals surface area (Å²) >= 11 is 0.